The minimum atomic E-state index is -0.0324. The van der Waals surface area contributed by atoms with Crippen molar-refractivity contribution >= 4 is 17.6 Å². The molecule has 0 aromatic heterocycles. The number of methoxy groups -OCH3 is 1. The van der Waals surface area contributed by atoms with Gasteiger partial charge >= 0.3 is 0 Å². The first kappa shape index (κ1) is 22.4. The highest BCUT2D eigenvalue weighted by Gasteiger charge is 2.37. The summed E-state index contributed by atoms with van der Waals surface area (Å²) in [6.45, 7) is 4.09. The van der Waals surface area contributed by atoms with Crippen molar-refractivity contribution in [2.24, 2.45) is 10.4 Å². The van der Waals surface area contributed by atoms with E-state index < -0.39 is 0 Å². The van der Waals surface area contributed by atoms with Gasteiger partial charge in [-0.05, 0) is 49.1 Å². The van der Waals surface area contributed by atoms with Crippen molar-refractivity contribution in [3.05, 3.63) is 34.9 Å². The number of rotatable bonds is 8. The standard InChI is InChI=1S/C23H36ClN3O2/c1-25-21(26-17-22(11-14-28-2)9-5-6-10-22)27-18-23(12-15-29-16-13-23)19-7-3-4-8-20(19)24/h3-4,7-8H,5-6,9-18H2,1-2H3,(H2,25,26,27). The third kappa shape index (κ3) is 5.65. The van der Waals surface area contributed by atoms with Crippen LogP contribution in [0.4, 0.5) is 0 Å². The average Bonchev–Trinajstić information content (AvgIpc) is 3.22. The van der Waals surface area contributed by atoms with Gasteiger partial charge in [0, 0.05) is 57.5 Å². The fraction of sp³-hybridized carbons (Fsp3) is 0.696. The second-order valence-electron chi connectivity index (χ2n) is 8.60. The Hall–Kier alpha value is -1.30. The molecule has 1 aliphatic heterocycles. The lowest BCUT2D eigenvalue weighted by atomic mass is 9.74. The normalized spacial score (nSPS) is 21.1. The molecule has 2 aliphatic rings. The Bertz CT molecular complexity index is 668. The summed E-state index contributed by atoms with van der Waals surface area (Å²) in [5, 5.41) is 8.04. The lowest BCUT2D eigenvalue weighted by molar-refractivity contribution is 0.0514. The Balaban J connectivity index is 1.64. The predicted molar refractivity (Wildman–Crippen MR) is 120 cm³/mol. The van der Waals surface area contributed by atoms with Gasteiger partial charge < -0.3 is 20.1 Å². The molecule has 1 heterocycles. The highest BCUT2D eigenvalue weighted by molar-refractivity contribution is 6.31. The SMILES string of the molecule is CN=C(NCC1(CCOC)CCCC1)NCC1(c2ccccc2Cl)CCOCC1. The van der Waals surface area contributed by atoms with Gasteiger partial charge in [-0.1, -0.05) is 42.6 Å². The first-order chi connectivity index (χ1) is 14.1. The van der Waals surface area contributed by atoms with Crippen LogP contribution in [0.15, 0.2) is 29.3 Å². The van der Waals surface area contributed by atoms with Crippen molar-refractivity contribution < 1.29 is 9.47 Å². The zero-order chi connectivity index (χ0) is 20.6. The van der Waals surface area contributed by atoms with Crippen LogP contribution in [0.25, 0.3) is 0 Å². The highest BCUT2D eigenvalue weighted by atomic mass is 35.5. The molecule has 1 aromatic carbocycles. The predicted octanol–water partition coefficient (Wildman–Crippen LogP) is 4.15. The smallest absolute Gasteiger partial charge is 0.191 e. The number of hydrogen-bond acceptors (Lipinski definition) is 3. The van der Waals surface area contributed by atoms with Gasteiger partial charge in [0.1, 0.15) is 0 Å². The number of nitrogens with one attached hydrogen (secondary N) is 2. The van der Waals surface area contributed by atoms with Crippen LogP contribution in [0.2, 0.25) is 5.02 Å². The van der Waals surface area contributed by atoms with Crippen molar-refractivity contribution in [3.8, 4) is 0 Å². The Morgan fingerprint density at radius 3 is 2.45 bits per heavy atom. The first-order valence-corrected chi connectivity index (χ1v) is 11.3. The maximum Gasteiger partial charge on any atom is 0.191 e. The zero-order valence-corrected chi connectivity index (χ0v) is 18.7. The maximum absolute atomic E-state index is 6.58. The lowest BCUT2D eigenvalue weighted by Crippen LogP contribution is -2.49. The summed E-state index contributed by atoms with van der Waals surface area (Å²) in [6.07, 6.45) is 8.17. The molecule has 1 aromatic rings. The van der Waals surface area contributed by atoms with Crippen LogP contribution in [0, 0.1) is 5.41 Å². The van der Waals surface area contributed by atoms with E-state index >= 15 is 0 Å². The van der Waals surface area contributed by atoms with Crippen LogP contribution in [0.3, 0.4) is 0 Å². The monoisotopic (exact) mass is 421 g/mol. The minimum absolute atomic E-state index is 0.0324. The van der Waals surface area contributed by atoms with Gasteiger partial charge in [0.2, 0.25) is 0 Å². The molecule has 5 nitrogen and oxygen atoms in total. The number of ether oxygens (including phenoxy) is 2. The van der Waals surface area contributed by atoms with Gasteiger partial charge in [-0.15, -0.1) is 0 Å². The first-order valence-electron chi connectivity index (χ1n) is 10.9. The molecule has 0 bridgehead atoms. The largest absolute Gasteiger partial charge is 0.385 e. The lowest BCUT2D eigenvalue weighted by Gasteiger charge is -2.39. The van der Waals surface area contributed by atoms with Crippen molar-refractivity contribution in [1.82, 2.24) is 10.6 Å². The fourth-order valence-corrected chi connectivity index (χ4v) is 5.23. The van der Waals surface area contributed by atoms with Crippen molar-refractivity contribution in [2.75, 3.05) is 47.1 Å². The summed E-state index contributed by atoms with van der Waals surface area (Å²) >= 11 is 6.58. The minimum Gasteiger partial charge on any atom is -0.385 e. The van der Waals surface area contributed by atoms with Crippen LogP contribution in [0.1, 0.15) is 50.5 Å². The van der Waals surface area contributed by atoms with Crippen molar-refractivity contribution in [2.45, 2.75) is 50.4 Å². The van der Waals surface area contributed by atoms with Gasteiger partial charge in [-0.25, -0.2) is 0 Å². The van der Waals surface area contributed by atoms with Crippen LogP contribution in [-0.2, 0) is 14.9 Å². The Morgan fingerprint density at radius 1 is 1.10 bits per heavy atom. The van der Waals surface area contributed by atoms with Crippen LogP contribution < -0.4 is 10.6 Å². The number of aliphatic imine (C=N–C) groups is 1. The van der Waals surface area contributed by atoms with E-state index in [0.29, 0.717) is 5.41 Å². The van der Waals surface area contributed by atoms with E-state index in [9.17, 15) is 0 Å². The van der Waals surface area contributed by atoms with E-state index in [1.807, 2.05) is 19.2 Å². The molecule has 3 rings (SSSR count). The molecule has 29 heavy (non-hydrogen) atoms. The molecule has 0 spiro atoms. The summed E-state index contributed by atoms with van der Waals surface area (Å²) in [4.78, 5) is 4.49. The molecule has 2 N–H and O–H groups in total. The summed E-state index contributed by atoms with van der Waals surface area (Å²) in [5.41, 5.74) is 1.50. The molecule has 0 radical (unpaired) electrons. The molecule has 1 saturated heterocycles. The van der Waals surface area contributed by atoms with E-state index in [0.717, 1.165) is 63.2 Å². The van der Waals surface area contributed by atoms with E-state index in [4.69, 9.17) is 21.1 Å². The van der Waals surface area contributed by atoms with Gasteiger partial charge in [0.25, 0.3) is 0 Å². The van der Waals surface area contributed by atoms with E-state index in [2.05, 4.69) is 27.8 Å². The summed E-state index contributed by atoms with van der Waals surface area (Å²) in [7, 11) is 3.64. The third-order valence-electron chi connectivity index (χ3n) is 6.84. The van der Waals surface area contributed by atoms with Crippen LogP contribution in [-0.4, -0.2) is 53.0 Å². The Morgan fingerprint density at radius 2 is 1.79 bits per heavy atom. The summed E-state index contributed by atoms with van der Waals surface area (Å²) < 4.78 is 11.0. The average molecular weight is 422 g/mol. The topological polar surface area (TPSA) is 54.9 Å². The molecular weight excluding hydrogens is 386 g/mol. The van der Waals surface area contributed by atoms with Gasteiger partial charge in [0.15, 0.2) is 5.96 Å². The summed E-state index contributed by atoms with van der Waals surface area (Å²) in [6, 6.07) is 8.21. The number of benzene rings is 1. The number of nitrogens with zero attached hydrogens (tertiary/aromatic N) is 1. The molecule has 2 fully saturated rings. The van der Waals surface area contributed by atoms with Gasteiger partial charge in [-0.2, -0.15) is 0 Å². The van der Waals surface area contributed by atoms with Crippen molar-refractivity contribution in [3.63, 3.8) is 0 Å². The molecule has 1 saturated carbocycles. The summed E-state index contributed by atoms with van der Waals surface area (Å²) in [5.74, 6) is 0.867. The molecule has 0 amide bonds. The number of halogens is 1. The van der Waals surface area contributed by atoms with Crippen LogP contribution >= 0.6 is 11.6 Å². The maximum atomic E-state index is 6.58. The quantitative estimate of drug-likeness (QED) is 0.489. The van der Waals surface area contributed by atoms with E-state index in [-0.39, 0.29) is 5.41 Å². The second-order valence-corrected chi connectivity index (χ2v) is 9.01. The Labute approximate surface area is 180 Å². The molecule has 1 aliphatic carbocycles. The Kier molecular flexibility index (Phi) is 8.22. The number of hydrogen-bond donors (Lipinski definition) is 2. The van der Waals surface area contributed by atoms with E-state index in [1.54, 1.807) is 7.11 Å². The van der Waals surface area contributed by atoms with Gasteiger partial charge in [0.05, 0.1) is 0 Å². The third-order valence-corrected chi connectivity index (χ3v) is 7.17. The second kappa shape index (κ2) is 10.6. The van der Waals surface area contributed by atoms with E-state index in [1.165, 1.54) is 31.2 Å². The molecule has 0 atom stereocenters. The zero-order valence-electron chi connectivity index (χ0n) is 17.9. The van der Waals surface area contributed by atoms with Gasteiger partial charge in [-0.3, -0.25) is 4.99 Å². The molecule has 162 valence electrons. The molecular formula is C23H36ClN3O2. The molecule has 0 unspecified atom stereocenters. The van der Waals surface area contributed by atoms with Crippen molar-refractivity contribution in [1.29, 1.82) is 0 Å². The number of guanidine groups is 1. The fourth-order valence-electron chi connectivity index (χ4n) is 4.90. The molecule has 6 heteroatoms. The van der Waals surface area contributed by atoms with Crippen LogP contribution in [0.5, 0.6) is 0 Å². The highest BCUT2D eigenvalue weighted by Crippen LogP contribution is 2.41.